The number of hydrogen-bond acceptors (Lipinski definition) is 22. The van der Waals surface area contributed by atoms with Gasteiger partial charge in [0.05, 0.1) is 96.7 Å². The molecule has 7 aromatic rings. The van der Waals surface area contributed by atoms with Crippen LogP contribution >= 0.6 is 0 Å². The van der Waals surface area contributed by atoms with Crippen molar-refractivity contribution in [2.75, 3.05) is 52.9 Å². The number of nitrogens with one attached hydrogen (secondary N) is 2. The molecule has 2 N–H and O–H groups in total. The summed E-state index contributed by atoms with van der Waals surface area (Å²) in [6.07, 6.45) is 13.8. The molecule has 8 bridgehead atoms. The first-order chi connectivity index (χ1) is 66.2. The summed E-state index contributed by atoms with van der Waals surface area (Å²) in [6, 6.07) is 24.4. The molecule has 2 aliphatic heterocycles. The summed E-state index contributed by atoms with van der Waals surface area (Å²) in [5, 5.41) is 2.64. The van der Waals surface area contributed by atoms with E-state index in [9.17, 15) is 0 Å². The number of fused-ring (bicyclic) bond motifs is 20. The van der Waals surface area contributed by atoms with E-state index in [4.69, 9.17) is 101 Å². The minimum atomic E-state index is -2.01. The number of aromatic nitrogens is 8. The number of aromatic amines is 2. The lowest BCUT2D eigenvalue weighted by molar-refractivity contribution is 0.302. The average molecular weight is 2260 g/mol. The Morgan fingerprint density at radius 3 is 0.424 bits per heavy atom. The Balaban J connectivity index is 1.45. The van der Waals surface area contributed by atoms with Crippen LogP contribution in [0.3, 0.4) is 0 Å². The molecule has 810 valence electrons. The summed E-state index contributed by atoms with van der Waals surface area (Å²) in [5.41, 5.74) is 4.25. The highest BCUT2D eigenvalue weighted by Gasteiger charge is 2.40. The van der Waals surface area contributed by atoms with E-state index in [1.807, 2.05) is 24.3 Å². The highest BCUT2D eigenvalue weighted by Crippen LogP contribution is 2.52. The third-order valence-corrected chi connectivity index (χ3v) is 74.0. The lowest BCUT2D eigenvalue weighted by Gasteiger charge is -2.31. The van der Waals surface area contributed by atoms with Gasteiger partial charge in [-0.3, -0.25) is 0 Å². The van der Waals surface area contributed by atoms with Crippen LogP contribution < -0.4 is 37.9 Å². The third-order valence-electron chi connectivity index (χ3n) is 24.2. The fourth-order valence-electron chi connectivity index (χ4n) is 20.7. The zero-order chi connectivity index (χ0) is 107. The number of ether oxygens (including phenoxy) is 8. The van der Waals surface area contributed by atoms with Crippen LogP contribution in [0.1, 0.15) is 103 Å². The summed E-state index contributed by atoms with van der Waals surface area (Å²) in [4.78, 5) is 43.5. The van der Waals surface area contributed by atoms with E-state index >= 15 is 0 Å². The molecule has 3 aromatic heterocycles. The van der Waals surface area contributed by atoms with Gasteiger partial charge < -0.3 is 80.8 Å². The highest BCUT2D eigenvalue weighted by atomic mass is 28.5. The number of nitrogens with zero attached hydrogens (tertiary/aromatic N) is 6. The number of unbranched alkanes of at least 4 members (excludes halogenated alkanes) is 8. The Morgan fingerprint density at radius 1 is 0.167 bits per heavy atom. The minimum absolute atomic E-state index is 0.343. The quantitative estimate of drug-likeness (QED) is 0.0265. The predicted octanol–water partition coefficient (Wildman–Crippen LogP) is 32.6. The van der Waals surface area contributed by atoms with E-state index in [-0.39, 0.29) is 0 Å². The van der Waals surface area contributed by atoms with E-state index in [1.165, 1.54) is 0 Å². The maximum absolute atomic E-state index is 7.32. The van der Waals surface area contributed by atoms with Crippen molar-refractivity contribution < 1.29 is 70.8 Å². The van der Waals surface area contributed by atoms with Crippen LogP contribution in [-0.4, -0.2) is 226 Å². The van der Waals surface area contributed by atoms with Crippen molar-refractivity contribution in [2.24, 2.45) is 0 Å². The maximum Gasteiger partial charge on any atom is 0.173 e. The van der Waals surface area contributed by atoms with Gasteiger partial charge in [-0.15, -0.1) is 0 Å². The second kappa shape index (κ2) is 50.8. The molecule has 0 amide bonds. The molecule has 0 fully saturated rings. The van der Waals surface area contributed by atoms with Crippen LogP contribution in [0.15, 0.2) is 48.5 Å². The van der Waals surface area contributed by atoms with Crippen molar-refractivity contribution in [3.8, 4) is 91.5 Å². The SMILES string of the molecule is C[Si](C)(C)O[Si](C)(C)CCCCOc1ccc(OCCCC[Si](C)(C)O[Si](C)(C)C)c2c1-c1nc-2nc2[nH]c(nc3nc(nc4[nH]c(n1)c1c(OCCCC[Si](C)(C)O[Si](C)(C)C)ccc(OCCCC[Si](C)(C)O[Si](C)(C)C)c41)-c1c(OCCCC[Si](C)(C)O[Si](C)(C)C)ccc(OCCCC[Si](C)(C)O[Si](C)(C)C)c1-3)c1c(OCCCC[Si](C)(C)O[Si](C)(C)C)ccc(OCCCC[Si](C)(C)O[Si](C)(C)C)c21. The van der Waals surface area contributed by atoms with Gasteiger partial charge in [0.15, 0.2) is 156 Å². The molecule has 9 rings (SSSR count). The van der Waals surface area contributed by atoms with Gasteiger partial charge >= 0.3 is 0 Å². The first-order valence-electron chi connectivity index (χ1n) is 54.4. The zero-order valence-electron chi connectivity index (χ0n) is 97.5. The molecule has 2 aliphatic rings. The summed E-state index contributed by atoms with van der Waals surface area (Å²) < 4.78 is 114. The second-order valence-electron chi connectivity index (χ2n) is 53.1. The van der Waals surface area contributed by atoms with Crippen molar-refractivity contribution in [2.45, 2.75) is 413 Å². The van der Waals surface area contributed by atoms with Crippen LogP contribution in [0.5, 0.6) is 46.0 Å². The van der Waals surface area contributed by atoms with Crippen molar-refractivity contribution in [3.05, 3.63) is 48.5 Å². The van der Waals surface area contributed by atoms with Gasteiger partial charge in [-0.2, -0.15) is 0 Å². The van der Waals surface area contributed by atoms with Crippen molar-refractivity contribution >= 4 is 177 Å². The Hall–Kier alpha value is -4.21. The third kappa shape index (κ3) is 42.0. The molecule has 40 heteroatoms. The molecule has 0 saturated carbocycles. The van der Waals surface area contributed by atoms with Gasteiger partial charge in [0.1, 0.15) is 68.6 Å². The normalized spacial score (nSPS) is 13.8. The topological polar surface area (TPSA) is 257 Å². The first-order valence-corrected chi connectivity index (χ1v) is 107. The smallest absolute Gasteiger partial charge is 0.173 e. The summed E-state index contributed by atoms with van der Waals surface area (Å²) in [7, 11) is -30.6. The number of H-pyrrole nitrogens is 2. The molecular weight excluding hydrogens is 2070 g/mol. The van der Waals surface area contributed by atoms with Crippen LogP contribution in [0.25, 0.3) is 89.7 Å². The van der Waals surface area contributed by atoms with Crippen LogP contribution in [0.4, 0.5) is 0 Å². The molecule has 4 aromatic carbocycles. The molecule has 0 spiro atoms. The van der Waals surface area contributed by atoms with Gasteiger partial charge in [0.2, 0.25) is 0 Å². The summed E-state index contributed by atoms with van der Waals surface area (Å²) >= 11 is 0. The van der Waals surface area contributed by atoms with Gasteiger partial charge in [0.25, 0.3) is 0 Å². The van der Waals surface area contributed by atoms with E-state index < -0.39 is 133 Å². The van der Waals surface area contributed by atoms with Gasteiger partial charge in [0, 0.05) is 0 Å². The van der Waals surface area contributed by atoms with Crippen molar-refractivity contribution in [1.82, 2.24) is 39.9 Å². The fraction of sp³-hybridized carbons (Fsp3) is 0.692. The molecular formula is C104H194N8O16Si16. The lowest BCUT2D eigenvalue weighted by atomic mass is 10.1. The molecule has 0 radical (unpaired) electrons. The predicted molar refractivity (Wildman–Crippen MR) is 648 cm³/mol. The minimum Gasteiger partial charge on any atom is -0.493 e. The molecule has 24 nitrogen and oxygen atoms in total. The maximum atomic E-state index is 7.32. The molecule has 0 unspecified atom stereocenters. The fourth-order valence-corrected chi connectivity index (χ4v) is 85.9. The zero-order valence-corrected chi connectivity index (χ0v) is 113. The van der Waals surface area contributed by atoms with Crippen molar-refractivity contribution in [3.63, 3.8) is 0 Å². The van der Waals surface area contributed by atoms with Crippen LogP contribution in [0, 0.1) is 0 Å². The van der Waals surface area contributed by atoms with E-state index in [2.05, 4.69) is 296 Å². The first kappa shape index (κ1) is 123. The largest absolute Gasteiger partial charge is 0.493 e. The average Bonchev–Trinajstić information content (AvgIpc) is 1.57. The lowest BCUT2D eigenvalue weighted by Crippen LogP contribution is -2.42. The Kier molecular flexibility index (Phi) is 43.5. The molecule has 0 atom stereocenters. The summed E-state index contributed by atoms with van der Waals surface area (Å²) in [6.45, 7) is 96.1. The monoisotopic (exact) mass is 2260 g/mol. The number of rotatable bonds is 64. The Morgan fingerprint density at radius 2 is 0.292 bits per heavy atom. The number of hydrogen-bond donors (Lipinski definition) is 2. The second-order valence-corrected chi connectivity index (χ2v) is 126. The van der Waals surface area contributed by atoms with Gasteiger partial charge in [-0.1, -0.05) is 51.4 Å². The van der Waals surface area contributed by atoms with E-state index in [0.29, 0.717) is 189 Å². The Labute approximate surface area is 886 Å². The summed E-state index contributed by atoms with van der Waals surface area (Å²) in [5.74, 6) is 6.13. The molecule has 5 heterocycles. The Bertz CT molecular complexity index is 4880. The van der Waals surface area contributed by atoms with E-state index in [1.54, 1.807) is 0 Å². The van der Waals surface area contributed by atoms with Crippen molar-refractivity contribution in [1.29, 1.82) is 0 Å². The number of benzene rings is 4. The molecule has 0 saturated heterocycles. The van der Waals surface area contributed by atoms with Crippen LogP contribution in [0.2, 0.25) is 310 Å². The standard InChI is InChI=1S/C104H194N8O16Si16/c1-129(2,3)121-137(25,26)73-49-41-65-113-81-57-58-82(114-66-42-50-74-138(27,28)122-130(4,5)6)90-89(81)97-105-98(90)110-100-93-85(117-69-45-53-77-141(33,34)125-133(13,14)15)61-62-86(118-70-46-54-78-142(35,36)126-134(16,17)18)94(93)102(107-100)112-104-96-88(120-72-48-56-80-144(39,40)128-136(22,23)24)64-63-87(119-71-47-55-79-143(37,38)127-135(19,20)21)95(96)103(108-104)111-101-92-84(116-68-44-52-76-140(31,32)124-132(10,11)12)60-59-83(91(92)99(106-101)109-97)115-67-43-51-75-139(29,30)123-131(7,8)9/h57-64H,41-56,65-80H2,1-40H3,(H2,105,106,107,108,109,110,111,112). The molecule has 0 aliphatic carbocycles. The van der Waals surface area contributed by atoms with E-state index in [0.717, 1.165) is 151 Å². The van der Waals surface area contributed by atoms with Gasteiger partial charge in [-0.05, 0) is 410 Å². The van der Waals surface area contributed by atoms with Gasteiger partial charge in [-0.25, -0.2) is 29.9 Å². The molecule has 144 heavy (non-hydrogen) atoms. The van der Waals surface area contributed by atoms with Crippen LogP contribution in [-0.2, 0) is 32.9 Å². The highest BCUT2D eigenvalue weighted by molar-refractivity contribution is 6.88.